The van der Waals surface area contributed by atoms with E-state index in [9.17, 15) is 4.79 Å². The van der Waals surface area contributed by atoms with Gasteiger partial charge in [0, 0.05) is 27.0 Å². The first kappa shape index (κ1) is 14.5. The number of amides is 1. The van der Waals surface area contributed by atoms with Crippen molar-refractivity contribution in [2.75, 3.05) is 5.32 Å². The molecule has 2 aromatic carbocycles. The van der Waals surface area contributed by atoms with Crippen molar-refractivity contribution >= 4 is 38.4 Å². The van der Waals surface area contributed by atoms with Crippen molar-refractivity contribution in [1.29, 1.82) is 0 Å². The van der Waals surface area contributed by atoms with Crippen LogP contribution in [0.5, 0.6) is 0 Å². The monoisotopic (exact) mass is 368 g/mol. The summed E-state index contributed by atoms with van der Waals surface area (Å²) in [5, 5.41) is 4.21. The first-order chi connectivity index (χ1) is 11.1. The van der Waals surface area contributed by atoms with Crippen molar-refractivity contribution in [3.05, 3.63) is 63.8 Å². The van der Waals surface area contributed by atoms with Gasteiger partial charge in [0.2, 0.25) is 5.91 Å². The van der Waals surface area contributed by atoms with Crippen LogP contribution in [0.25, 0.3) is 10.9 Å². The Morgan fingerprint density at radius 1 is 1.17 bits per heavy atom. The number of aromatic amines is 1. The number of nitrogens with one attached hydrogen (secondary N) is 2. The fourth-order valence-corrected chi connectivity index (χ4v) is 3.84. The van der Waals surface area contributed by atoms with E-state index >= 15 is 0 Å². The molecule has 0 radical (unpaired) electrons. The maximum Gasteiger partial charge on any atom is 0.228 e. The number of H-pyrrole nitrogens is 1. The van der Waals surface area contributed by atoms with Gasteiger partial charge in [-0.15, -0.1) is 0 Å². The third kappa shape index (κ3) is 2.57. The fraction of sp³-hybridized carbons (Fsp3) is 0.211. The average molecular weight is 369 g/mol. The van der Waals surface area contributed by atoms with Crippen LogP contribution in [0.4, 0.5) is 5.69 Å². The molecule has 0 spiro atoms. The van der Waals surface area contributed by atoms with E-state index in [0.29, 0.717) is 0 Å². The van der Waals surface area contributed by atoms with Crippen molar-refractivity contribution in [3.8, 4) is 0 Å². The van der Waals surface area contributed by atoms with Gasteiger partial charge >= 0.3 is 0 Å². The number of halogens is 1. The highest BCUT2D eigenvalue weighted by molar-refractivity contribution is 9.10. The van der Waals surface area contributed by atoms with Crippen LogP contribution in [-0.2, 0) is 17.6 Å². The molecule has 1 unspecified atom stereocenters. The molecule has 1 aliphatic rings. The normalized spacial score (nSPS) is 16.5. The summed E-state index contributed by atoms with van der Waals surface area (Å²) in [5.41, 5.74) is 5.51. The van der Waals surface area contributed by atoms with Crippen LogP contribution in [-0.4, -0.2) is 10.9 Å². The van der Waals surface area contributed by atoms with Crippen LogP contribution in [0.3, 0.4) is 0 Å². The topological polar surface area (TPSA) is 44.9 Å². The zero-order valence-electron chi connectivity index (χ0n) is 12.8. The Labute approximate surface area is 143 Å². The van der Waals surface area contributed by atoms with E-state index in [1.54, 1.807) is 0 Å². The zero-order chi connectivity index (χ0) is 16.0. The number of carbonyl (C=O) groups is 1. The van der Waals surface area contributed by atoms with Gasteiger partial charge in [-0.1, -0.05) is 40.2 Å². The minimum Gasteiger partial charge on any atom is -0.357 e. The molecule has 4 heteroatoms. The highest BCUT2D eigenvalue weighted by atomic mass is 79.9. The lowest BCUT2D eigenvalue weighted by Crippen LogP contribution is -2.23. The molecule has 3 aromatic rings. The van der Waals surface area contributed by atoms with E-state index in [2.05, 4.69) is 38.4 Å². The molecule has 0 fully saturated rings. The van der Waals surface area contributed by atoms with Crippen molar-refractivity contribution in [2.24, 2.45) is 5.92 Å². The minimum absolute atomic E-state index is 0.00682. The van der Waals surface area contributed by atoms with E-state index in [1.807, 2.05) is 37.3 Å². The van der Waals surface area contributed by atoms with Gasteiger partial charge in [0.15, 0.2) is 0 Å². The highest BCUT2D eigenvalue weighted by Crippen LogP contribution is 2.32. The Morgan fingerprint density at radius 3 is 2.83 bits per heavy atom. The van der Waals surface area contributed by atoms with Crippen molar-refractivity contribution in [1.82, 2.24) is 4.98 Å². The van der Waals surface area contributed by atoms with Crippen molar-refractivity contribution in [3.63, 3.8) is 0 Å². The number of fused-ring (bicyclic) bond motifs is 2. The number of benzene rings is 2. The van der Waals surface area contributed by atoms with Crippen LogP contribution in [0.1, 0.15) is 16.8 Å². The summed E-state index contributed by atoms with van der Waals surface area (Å²) in [6.45, 7) is 2.00. The maximum atomic E-state index is 12.7. The van der Waals surface area contributed by atoms with Crippen LogP contribution in [0.2, 0.25) is 0 Å². The predicted octanol–water partition coefficient (Wildman–Crippen LogP) is 4.59. The summed E-state index contributed by atoms with van der Waals surface area (Å²) in [4.78, 5) is 16.1. The molecule has 23 heavy (non-hydrogen) atoms. The van der Waals surface area contributed by atoms with Gasteiger partial charge in [-0.25, -0.2) is 0 Å². The Hall–Kier alpha value is -2.07. The Kier molecular flexibility index (Phi) is 3.49. The molecule has 3 nitrogen and oxygen atoms in total. The predicted molar refractivity (Wildman–Crippen MR) is 96.7 cm³/mol. The SMILES string of the molecule is Cc1[nH]c2ccccc2c1NC(=O)C1Cc2ccc(Br)cc2C1. The molecule has 2 N–H and O–H groups in total. The summed E-state index contributed by atoms with van der Waals surface area (Å²) in [6.07, 6.45) is 1.62. The van der Waals surface area contributed by atoms with Gasteiger partial charge in [-0.3, -0.25) is 4.79 Å². The molecule has 1 aromatic heterocycles. The van der Waals surface area contributed by atoms with Crippen molar-refractivity contribution < 1.29 is 4.79 Å². The molecule has 116 valence electrons. The van der Waals surface area contributed by atoms with Crippen LogP contribution in [0.15, 0.2) is 46.9 Å². The third-order valence-electron chi connectivity index (χ3n) is 4.61. The highest BCUT2D eigenvalue weighted by Gasteiger charge is 2.28. The van der Waals surface area contributed by atoms with Gasteiger partial charge in [0.05, 0.1) is 5.69 Å². The lowest BCUT2D eigenvalue weighted by molar-refractivity contribution is -0.119. The van der Waals surface area contributed by atoms with E-state index in [-0.39, 0.29) is 11.8 Å². The summed E-state index contributed by atoms with van der Waals surface area (Å²) < 4.78 is 1.07. The maximum absolute atomic E-state index is 12.7. The molecule has 4 rings (SSSR count). The van der Waals surface area contributed by atoms with E-state index in [0.717, 1.165) is 39.6 Å². The first-order valence-electron chi connectivity index (χ1n) is 7.77. The fourth-order valence-electron chi connectivity index (χ4n) is 3.44. The molecule has 0 saturated heterocycles. The summed E-state index contributed by atoms with van der Waals surface area (Å²) in [6, 6.07) is 14.3. The molecule has 0 bridgehead atoms. The Bertz CT molecular complexity index is 913. The van der Waals surface area contributed by atoms with Gasteiger partial charge in [-0.05, 0) is 49.1 Å². The zero-order valence-corrected chi connectivity index (χ0v) is 14.4. The molecule has 0 aliphatic heterocycles. The molecule has 1 heterocycles. The largest absolute Gasteiger partial charge is 0.357 e. The first-order valence-corrected chi connectivity index (χ1v) is 8.56. The lowest BCUT2D eigenvalue weighted by atomic mass is 10.1. The number of para-hydroxylation sites is 1. The van der Waals surface area contributed by atoms with Gasteiger partial charge in [0.25, 0.3) is 0 Å². The number of hydrogen-bond acceptors (Lipinski definition) is 1. The number of aryl methyl sites for hydroxylation is 1. The van der Waals surface area contributed by atoms with E-state index < -0.39 is 0 Å². The number of carbonyl (C=O) groups excluding carboxylic acids is 1. The molecule has 1 amide bonds. The van der Waals surface area contributed by atoms with E-state index in [4.69, 9.17) is 0 Å². The molecular weight excluding hydrogens is 352 g/mol. The number of rotatable bonds is 2. The summed E-state index contributed by atoms with van der Waals surface area (Å²) in [5.74, 6) is 0.109. The Morgan fingerprint density at radius 2 is 1.96 bits per heavy atom. The van der Waals surface area contributed by atoms with Crippen LogP contribution < -0.4 is 5.32 Å². The van der Waals surface area contributed by atoms with Gasteiger partial charge < -0.3 is 10.3 Å². The summed E-state index contributed by atoms with van der Waals surface area (Å²) in [7, 11) is 0. The van der Waals surface area contributed by atoms with Crippen LogP contribution in [0, 0.1) is 12.8 Å². The quantitative estimate of drug-likeness (QED) is 0.682. The molecular formula is C19H17BrN2O. The smallest absolute Gasteiger partial charge is 0.228 e. The average Bonchev–Trinajstić information content (AvgIpc) is 3.08. The third-order valence-corrected chi connectivity index (χ3v) is 5.11. The second kappa shape index (κ2) is 5.53. The second-order valence-corrected chi connectivity index (χ2v) is 7.09. The Balaban J connectivity index is 1.58. The van der Waals surface area contributed by atoms with Gasteiger partial charge in [-0.2, -0.15) is 0 Å². The van der Waals surface area contributed by atoms with E-state index in [1.165, 1.54) is 11.1 Å². The van der Waals surface area contributed by atoms with Gasteiger partial charge in [0.1, 0.15) is 0 Å². The second-order valence-electron chi connectivity index (χ2n) is 6.18. The number of hydrogen-bond donors (Lipinski definition) is 2. The number of anilines is 1. The van der Waals surface area contributed by atoms with Crippen LogP contribution >= 0.6 is 15.9 Å². The molecule has 1 atom stereocenters. The minimum atomic E-state index is 0.00682. The number of aromatic nitrogens is 1. The van der Waals surface area contributed by atoms with Crippen molar-refractivity contribution in [2.45, 2.75) is 19.8 Å². The lowest BCUT2D eigenvalue weighted by Gasteiger charge is -2.10. The standard InChI is InChI=1S/C19H17BrN2O/c1-11-18(16-4-2-3-5-17(16)21-11)22-19(23)14-8-12-6-7-15(20)10-13(12)9-14/h2-7,10,14,21H,8-9H2,1H3,(H,22,23). The molecule has 1 aliphatic carbocycles. The molecule has 0 saturated carbocycles. The summed E-state index contributed by atoms with van der Waals surface area (Å²) >= 11 is 3.50.